The van der Waals surface area contributed by atoms with Gasteiger partial charge < -0.3 is 4.74 Å². The fraction of sp³-hybridized carbons (Fsp3) is 0.455. The molecular weight excluding hydrogens is 382 g/mol. The van der Waals surface area contributed by atoms with E-state index in [0.29, 0.717) is 4.47 Å². The average Bonchev–Trinajstić information content (AvgIpc) is 2.18. The van der Waals surface area contributed by atoms with Crippen molar-refractivity contribution in [1.82, 2.24) is 0 Å². The van der Waals surface area contributed by atoms with Gasteiger partial charge in [-0.25, -0.2) is 12.8 Å². The van der Waals surface area contributed by atoms with Gasteiger partial charge in [0.05, 0.1) is 21.9 Å². The number of ether oxygens (including phenoxy) is 1. The highest BCUT2D eigenvalue weighted by Crippen LogP contribution is 2.32. The van der Waals surface area contributed by atoms with Crippen LogP contribution in [-0.2, 0) is 9.05 Å². The Morgan fingerprint density at radius 2 is 2.00 bits per heavy atom. The maximum Gasteiger partial charge on any atom is 0.233 e. The van der Waals surface area contributed by atoms with Crippen LogP contribution in [-0.4, -0.2) is 20.8 Å². The molecule has 0 saturated heterocycles. The van der Waals surface area contributed by atoms with Crippen molar-refractivity contribution in [2.45, 2.75) is 13.8 Å². The van der Waals surface area contributed by atoms with E-state index in [1.54, 1.807) is 13.8 Å². The molecule has 0 spiro atoms. The first kappa shape index (κ1) is 17.0. The van der Waals surface area contributed by atoms with Crippen LogP contribution in [0.25, 0.3) is 0 Å². The minimum absolute atomic E-state index is 0.0261. The SMILES string of the molecule is CC(C)(COc1cc(F)c(Cl)cc1Br)CS(=O)(=O)Cl. The van der Waals surface area contributed by atoms with Crippen molar-refractivity contribution >= 4 is 47.3 Å². The van der Waals surface area contributed by atoms with Crippen molar-refractivity contribution in [3.63, 3.8) is 0 Å². The van der Waals surface area contributed by atoms with E-state index in [2.05, 4.69) is 15.9 Å². The van der Waals surface area contributed by atoms with Crippen LogP contribution in [0.4, 0.5) is 4.39 Å². The molecule has 1 aromatic rings. The zero-order valence-electron chi connectivity index (χ0n) is 10.2. The second-order valence-electron chi connectivity index (χ2n) is 4.83. The molecule has 0 bridgehead atoms. The monoisotopic (exact) mass is 392 g/mol. The van der Waals surface area contributed by atoms with Gasteiger partial charge in [0, 0.05) is 22.2 Å². The van der Waals surface area contributed by atoms with Crippen molar-refractivity contribution in [2.24, 2.45) is 5.41 Å². The van der Waals surface area contributed by atoms with E-state index in [9.17, 15) is 12.8 Å². The second kappa shape index (κ2) is 6.16. The van der Waals surface area contributed by atoms with Gasteiger partial charge in [-0.2, -0.15) is 0 Å². The van der Waals surface area contributed by atoms with Gasteiger partial charge >= 0.3 is 0 Å². The fourth-order valence-corrected chi connectivity index (χ4v) is 4.05. The maximum atomic E-state index is 13.3. The number of hydrogen-bond donors (Lipinski definition) is 0. The summed E-state index contributed by atoms with van der Waals surface area (Å²) >= 11 is 8.80. The lowest BCUT2D eigenvalue weighted by atomic mass is 9.98. The van der Waals surface area contributed by atoms with E-state index in [4.69, 9.17) is 27.0 Å². The topological polar surface area (TPSA) is 43.4 Å². The van der Waals surface area contributed by atoms with Gasteiger partial charge in [-0.1, -0.05) is 25.4 Å². The summed E-state index contributed by atoms with van der Waals surface area (Å²) in [6.07, 6.45) is 0. The molecule has 1 aromatic carbocycles. The molecule has 3 nitrogen and oxygen atoms in total. The van der Waals surface area contributed by atoms with Crippen LogP contribution >= 0.6 is 38.2 Å². The van der Waals surface area contributed by atoms with E-state index >= 15 is 0 Å². The molecule has 0 heterocycles. The average molecular weight is 394 g/mol. The van der Waals surface area contributed by atoms with Gasteiger partial charge in [0.25, 0.3) is 0 Å². The van der Waals surface area contributed by atoms with Crippen LogP contribution in [0.2, 0.25) is 5.02 Å². The van der Waals surface area contributed by atoms with E-state index < -0.39 is 20.3 Å². The molecule has 0 aromatic heterocycles. The van der Waals surface area contributed by atoms with Gasteiger partial charge in [-0.05, 0) is 22.0 Å². The third-order valence-corrected chi connectivity index (χ3v) is 4.52. The Bertz CT molecular complexity index is 576. The van der Waals surface area contributed by atoms with Crippen LogP contribution in [0.5, 0.6) is 5.75 Å². The lowest BCUT2D eigenvalue weighted by molar-refractivity contribution is 0.198. The minimum Gasteiger partial charge on any atom is -0.492 e. The molecule has 8 heteroatoms. The van der Waals surface area contributed by atoms with Crippen LogP contribution in [0, 0.1) is 11.2 Å². The summed E-state index contributed by atoms with van der Waals surface area (Å²) in [5, 5.41) is -0.0261. The van der Waals surface area contributed by atoms with Crippen molar-refractivity contribution in [1.29, 1.82) is 0 Å². The van der Waals surface area contributed by atoms with Crippen molar-refractivity contribution in [3.05, 3.63) is 27.4 Å². The normalized spacial score (nSPS) is 12.5. The van der Waals surface area contributed by atoms with E-state index in [1.807, 2.05) is 0 Å². The Balaban J connectivity index is 2.79. The maximum absolute atomic E-state index is 13.3. The van der Waals surface area contributed by atoms with Gasteiger partial charge in [0.15, 0.2) is 0 Å². The molecule has 0 aliphatic rings. The molecular formula is C11H12BrCl2FO3S. The molecule has 0 aliphatic heterocycles. The van der Waals surface area contributed by atoms with Crippen LogP contribution in [0.3, 0.4) is 0 Å². The standard InChI is InChI=1S/C11H12BrCl2FO3S/c1-11(2,6-19(14,16)17)5-18-10-4-9(15)8(13)3-7(10)12/h3-4H,5-6H2,1-2H3. The zero-order valence-corrected chi connectivity index (χ0v) is 14.1. The summed E-state index contributed by atoms with van der Waals surface area (Å²) in [5.41, 5.74) is -0.698. The quantitative estimate of drug-likeness (QED) is 0.555. The molecule has 0 N–H and O–H groups in total. The van der Waals surface area contributed by atoms with Gasteiger partial charge in [-0.15, -0.1) is 0 Å². The molecule has 108 valence electrons. The predicted octanol–water partition coefficient (Wildman–Crippen LogP) is 4.22. The van der Waals surface area contributed by atoms with Crippen LogP contribution in [0.15, 0.2) is 16.6 Å². The van der Waals surface area contributed by atoms with E-state index in [-0.39, 0.29) is 23.1 Å². The molecule has 0 aliphatic carbocycles. The third kappa shape index (κ3) is 5.85. The second-order valence-corrected chi connectivity index (χ2v) is 8.87. The summed E-state index contributed by atoms with van der Waals surface area (Å²) in [4.78, 5) is 0. The van der Waals surface area contributed by atoms with Crippen LogP contribution in [0.1, 0.15) is 13.8 Å². The highest BCUT2D eigenvalue weighted by molar-refractivity contribution is 9.10. The Hall–Kier alpha value is -0.0400. The minimum atomic E-state index is -3.63. The highest BCUT2D eigenvalue weighted by atomic mass is 79.9. The van der Waals surface area contributed by atoms with Gasteiger partial charge in [-0.3, -0.25) is 0 Å². The fourth-order valence-electron chi connectivity index (χ4n) is 1.40. The van der Waals surface area contributed by atoms with Gasteiger partial charge in [0.2, 0.25) is 9.05 Å². The molecule has 1 rings (SSSR count). The first-order valence-corrected chi connectivity index (χ1v) is 8.85. The first-order valence-electron chi connectivity index (χ1n) is 5.20. The van der Waals surface area contributed by atoms with Crippen LogP contribution < -0.4 is 4.74 Å². The number of halogens is 4. The summed E-state index contributed by atoms with van der Waals surface area (Å²) in [6.45, 7) is 3.44. The van der Waals surface area contributed by atoms with Crippen molar-refractivity contribution < 1.29 is 17.5 Å². The van der Waals surface area contributed by atoms with Crippen molar-refractivity contribution in [3.8, 4) is 5.75 Å². The first-order chi connectivity index (χ1) is 8.50. The molecule has 0 saturated carbocycles. The smallest absolute Gasteiger partial charge is 0.233 e. The molecule has 19 heavy (non-hydrogen) atoms. The number of rotatable bonds is 5. The van der Waals surface area contributed by atoms with E-state index in [1.165, 1.54) is 6.07 Å². The molecule has 0 unspecified atom stereocenters. The Morgan fingerprint density at radius 1 is 1.42 bits per heavy atom. The number of hydrogen-bond acceptors (Lipinski definition) is 3. The lowest BCUT2D eigenvalue weighted by Gasteiger charge is -2.23. The Kier molecular flexibility index (Phi) is 5.52. The van der Waals surface area contributed by atoms with Gasteiger partial charge in [0.1, 0.15) is 11.6 Å². The molecule has 0 fully saturated rings. The summed E-state index contributed by atoms with van der Waals surface area (Å²) < 4.78 is 41.3. The molecule has 0 radical (unpaired) electrons. The molecule has 0 atom stereocenters. The summed E-state index contributed by atoms with van der Waals surface area (Å²) in [7, 11) is 1.58. The third-order valence-electron chi connectivity index (χ3n) is 2.16. The predicted molar refractivity (Wildman–Crippen MR) is 78.0 cm³/mol. The Labute approximate surface area is 129 Å². The Morgan fingerprint density at radius 3 is 2.53 bits per heavy atom. The van der Waals surface area contributed by atoms with E-state index in [0.717, 1.165) is 6.07 Å². The number of benzene rings is 1. The van der Waals surface area contributed by atoms with Crippen molar-refractivity contribution in [2.75, 3.05) is 12.4 Å². The highest BCUT2D eigenvalue weighted by Gasteiger charge is 2.26. The zero-order chi connectivity index (χ0) is 14.8. The molecule has 0 amide bonds. The lowest BCUT2D eigenvalue weighted by Crippen LogP contribution is -2.28. The summed E-state index contributed by atoms with van der Waals surface area (Å²) in [5.74, 6) is -0.598. The summed E-state index contributed by atoms with van der Waals surface area (Å²) in [6, 6.07) is 2.51. The largest absolute Gasteiger partial charge is 0.492 e.